The van der Waals surface area contributed by atoms with Crippen LogP contribution < -0.4 is 0 Å². The lowest BCUT2D eigenvalue weighted by Gasteiger charge is -2.07. The van der Waals surface area contributed by atoms with Gasteiger partial charge in [0, 0.05) is 11.3 Å². The number of rotatable bonds is 3. The van der Waals surface area contributed by atoms with Crippen LogP contribution in [0.5, 0.6) is 0 Å². The average molecular weight is 302 g/mol. The van der Waals surface area contributed by atoms with Gasteiger partial charge in [-0.2, -0.15) is 0 Å². The van der Waals surface area contributed by atoms with Crippen LogP contribution in [0.25, 0.3) is 28.0 Å². The Kier molecular flexibility index (Phi) is 3.08. The summed E-state index contributed by atoms with van der Waals surface area (Å²) < 4.78 is 7.58. The molecule has 0 radical (unpaired) electrons. The minimum atomic E-state index is 0.334. The second-order valence-corrected chi connectivity index (χ2v) is 5.35. The van der Waals surface area contributed by atoms with Gasteiger partial charge >= 0.3 is 0 Å². The van der Waals surface area contributed by atoms with Crippen LogP contribution in [0.3, 0.4) is 0 Å². The number of imidazole rings is 1. The molecule has 0 saturated carbocycles. The van der Waals surface area contributed by atoms with Crippen LogP contribution in [0.2, 0.25) is 0 Å². The summed E-state index contributed by atoms with van der Waals surface area (Å²) >= 11 is 0. The number of para-hydroxylation sites is 2. The van der Waals surface area contributed by atoms with E-state index in [1.54, 1.807) is 12.1 Å². The first-order chi connectivity index (χ1) is 11.3. The van der Waals surface area contributed by atoms with Crippen molar-refractivity contribution < 1.29 is 9.21 Å². The van der Waals surface area contributed by atoms with E-state index in [1.165, 1.54) is 0 Å². The van der Waals surface area contributed by atoms with E-state index < -0.39 is 0 Å². The Bertz CT molecular complexity index is 994. The highest BCUT2D eigenvalue weighted by Gasteiger charge is 2.09. The summed E-state index contributed by atoms with van der Waals surface area (Å²) in [6.45, 7) is 2.00. The molecule has 0 spiro atoms. The SMILES string of the molecule is Cc1nc2ccccc2n1-c1ccc(-c2ccc(C=O)o2)cc1. The maximum atomic E-state index is 10.7. The number of fused-ring (bicyclic) bond motifs is 1. The smallest absolute Gasteiger partial charge is 0.185 e. The van der Waals surface area contributed by atoms with E-state index in [1.807, 2.05) is 49.4 Å². The molecule has 2 heterocycles. The molecule has 0 unspecified atom stereocenters. The molecule has 4 aromatic rings. The molecule has 4 rings (SSSR count). The van der Waals surface area contributed by atoms with Gasteiger partial charge in [0.15, 0.2) is 12.0 Å². The van der Waals surface area contributed by atoms with Crippen molar-refractivity contribution in [3.8, 4) is 17.0 Å². The molecule has 4 heteroatoms. The zero-order valence-electron chi connectivity index (χ0n) is 12.6. The van der Waals surface area contributed by atoms with Crippen molar-refractivity contribution in [2.24, 2.45) is 0 Å². The molecular weight excluding hydrogens is 288 g/mol. The van der Waals surface area contributed by atoms with Gasteiger partial charge < -0.3 is 4.42 Å². The van der Waals surface area contributed by atoms with Crippen LogP contribution in [0.1, 0.15) is 16.4 Å². The molecule has 0 bridgehead atoms. The molecule has 0 fully saturated rings. The third kappa shape index (κ3) is 2.25. The maximum Gasteiger partial charge on any atom is 0.185 e. The van der Waals surface area contributed by atoms with Gasteiger partial charge in [-0.05, 0) is 55.5 Å². The van der Waals surface area contributed by atoms with Crippen molar-refractivity contribution in [3.05, 3.63) is 72.2 Å². The van der Waals surface area contributed by atoms with Crippen molar-refractivity contribution in [2.75, 3.05) is 0 Å². The second kappa shape index (κ2) is 5.25. The lowest BCUT2D eigenvalue weighted by atomic mass is 10.1. The number of carbonyl (C=O) groups excluding carboxylic acids is 1. The zero-order valence-corrected chi connectivity index (χ0v) is 12.6. The molecular formula is C19H14N2O2. The van der Waals surface area contributed by atoms with E-state index in [0.29, 0.717) is 17.8 Å². The van der Waals surface area contributed by atoms with Crippen LogP contribution >= 0.6 is 0 Å². The largest absolute Gasteiger partial charge is 0.453 e. The van der Waals surface area contributed by atoms with Gasteiger partial charge in [-0.25, -0.2) is 4.98 Å². The molecule has 0 aliphatic heterocycles. The van der Waals surface area contributed by atoms with E-state index in [4.69, 9.17) is 4.42 Å². The Balaban J connectivity index is 1.78. The van der Waals surface area contributed by atoms with Crippen molar-refractivity contribution in [1.82, 2.24) is 9.55 Å². The van der Waals surface area contributed by atoms with E-state index in [0.717, 1.165) is 28.1 Å². The first kappa shape index (κ1) is 13.5. The Morgan fingerprint density at radius 2 is 1.78 bits per heavy atom. The molecule has 2 aromatic carbocycles. The summed E-state index contributed by atoms with van der Waals surface area (Å²) in [7, 11) is 0. The quantitative estimate of drug-likeness (QED) is 0.527. The summed E-state index contributed by atoms with van der Waals surface area (Å²) in [5.74, 6) is 1.96. The third-order valence-electron chi connectivity index (χ3n) is 3.88. The third-order valence-corrected chi connectivity index (χ3v) is 3.88. The van der Waals surface area contributed by atoms with Gasteiger partial charge in [0.05, 0.1) is 11.0 Å². The summed E-state index contributed by atoms with van der Waals surface area (Å²) in [5.41, 5.74) is 4.04. The van der Waals surface area contributed by atoms with Crippen LogP contribution in [0, 0.1) is 6.92 Å². The summed E-state index contributed by atoms with van der Waals surface area (Å²) in [6, 6.07) is 19.6. The molecule has 0 N–H and O–H groups in total. The fourth-order valence-electron chi connectivity index (χ4n) is 2.82. The number of furan rings is 1. The van der Waals surface area contributed by atoms with E-state index >= 15 is 0 Å². The van der Waals surface area contributed by atoms with Crippen molar-refractivity contribution in [1.29, 1.82) is 0 Å². The summed E-state index contributed by atoms with van der Waals surface area (Å²) in [6.07, 6.45) is 0.707. The Hall–Kier alpha value is -3.14. The summed E-state index contributed by atoms with van der Waals surface area (Å²) in [5, 5.41) is 0. The first-order valence-corrected chi connectivity index (χ1v) is 7.36. The van der Waals surface area contributed by atoms with Gasteiger partial charge in [0.25, 0.3) is 0 Å². The molecule has 112 valence electrons. The first-order valence-electron chi connectivity index (χ1n) is 7.36. The van der Waals surface area contributed by atoms with Gasteiger partial charge in [0.2, 0.25) is 0 Å². The highest BCUT2D eigenvalue weighted by atomic mass is 16.3. The minimum Gasteiger partial charge on any atom is -0.453 e. The molecule has 0 aliphatic rings. The van der Waals surface area contributed by atoms with Crippen LogP contribution in [0.15, 0.2) is 65.1 Å². The number of hydrogen-bond donors (Lipinski definition) is 0. The van der Waals surface area contributed by atoms with Gasteiger partial charge in [-0.1, -0.05) is 12.1 Å². The number of hydrogen-bond acceptors (Lipinski definition) is 3. The van der Waals surface area contributed by atoms with E-state index in [9.17, 15) is 4.79 Å². The minimum absolute atomic E-state index is 0.334. The molecule has 23 heavy (non-hydrogen) atoms. The Morgan fingerprint density at radius 1 is 1.00 bits per heavy atom. The highest BCUT2D eigenvalue weighted by molar-refractivity contribution is 5.78. The summed E-state index contributed by atoms with van der Waals surface area (Å²) in [4.78, 5) is 15.3. The monoisotopic (exact) mass is 302 g/mol. The van der Waals surface area contributed by atoms with E-state index in [-0.39, 0.29) is 0 Å². The zero-order chi connectivity index (χ0) is 15.8. The normalized spacial score (nSPS) is 11.0. The van der Waals surface area contributed by atoms with Gasteiger partial charge in [-0.15, -0.1) is 0 Å². The maximum absolute atomic E-state index is 10.7. The predicted octanol–water partition coefficient (Wildman–Crippen LogP) is 4.41. The molecule has 0 atom stereocenters. The van der Waals surface area contributed by atoms with Crippen LogP contribution in [-0.4, -0.2) is 15.8 Å². The molecule has 2 aromatic heterocycles. The lowest BCUT2D eigenvalue weighted by Crippen LogP contribution is -1.96. The van der Waals surface area contributed by atoms with Crippen molar-refractivity contribution in [3.63, 3.8) is 0 Å². The highest BCUT2D eigenvalue weighted by Crippen LogP contribution is 2.25. The molecule has 0 amide bonds. The Labute approximate surface area is 133 Å². The average Bonchev–Trinajstić information content (AvgIpc) is 3.18. The number of aryl methyl sites for hydroxylation is 1. The Morgan fingerprint density at radius 3 is 2.52 bits per heavy atom. The van der Waals surface area contributed by atoms with Crippen LogP contribution in [0.4, 0.5) is 0 Å². The van der Waals surface area contributed by atoms with E-state index in [2.05, 4.69) is 15.6 Å². The number of nitrogens with zero attached hydrogens (tertiary/aromatic N) is 2. The standard InChI is InChI=1S/C19H14N2O2/c1-13-20-17-4-2-3-5-18(17)21(13)15-8-6-14(7-9-15)19-11-10-16(12-22)23-19/h2-12H,1H3. The number of aldehydes is 1. The van der Waals surface area contributed by atoms with Gasteiger partial charge in [0.1, 0.15) is 11.6 Å². The fraction of sp³-hybridized carbons (Fsp3) is 0.0526. The molecule has 0 saturated heterocycles. The van der Waals surface area contributed by atoms with Crippen molar-refractivity contribution in [2.45, 2.75) is 6.92 Å². The lowest BCUT2D eigenvalue weighted by molar-refractivity contribution is 0.110. The van der Waals surface area contributed by atoms with Crippen molar-refractivity contribution >= 4 is 17.3 Å². The number of aromatic nitrogens is 2. The van der Waals surface area contributed by atoms with Crippen LogP contribution in [-0.2, 0) is 0 Å². The molecule has 0 aliphatic carbocycles. The predicted molar refractivity (Wildman–Crippen MR) is 88.9 cm³/mol. The number of benzene rings is 2. The topological polar surface area (TPSA) is 48.0 Å². The molecule has 4 nitrogen and oxygen atoms in total. The number of carbonyl (C=O) groups is 1. The second-order valence-electron chi connectivity index (χ2n) is 5.35. The fourth-order valence-corrected chi connectivity index (χ4v) is 2.82. The van der Waals surface area contributed by atoms with Gasteiger partial charge in [-0.3, -0.25) is 9.36 Å².